The lowest BCUT2D eigenvalue weighted by atomic mass is 10.1. The number of imidazole rings is 1. The van der Waals surface area contributed by atoms with Gasteiger partial charge in [-0.2, -0.15) is 0 Å². The van der Waals surface area contributed by atoms with Crippen LogP contribution in [0.5, 0.6) is 0 Å². The Morgan fingerprint density at radius 3 is 2.87 bits per heavy atom. The molecule has 0 atom stereocenters. The number of H-pyrrole nitrogens is 1. The highest BCUT2D eigenvalue weighted by Crippen LogP contribution is 2.24. The van der Waals surface area contributed by atoms with Gasteiger partial charge in [0.1, 0.15) is 11.6 Å². The van der Waals surface area contributed by atoms with Gasteiger partial charge in [0.25, 0.3) is 0 Å². The van der Waals surface area contributed by atoms with E-state index in [1.54, 1.807) is 6.07 Å². The monoisotopic (exact) mass is 244 g/mol. The fourth-order valence-electron chi connectivity index (χ4n) is 1.27. The van der Waals surface area contributed by atoms with Crippen molar-refractivity contribution in [2.75, 3.05) is 0 Å². The zero-order chi connectivity index (χ0) is 10.8. The number of aromatic amines is 1. The molecule has 0 fully saturated rings. The minimum absolute atomic E-state index is 0.266. The third kappa shape index (κ3) is 2.13. The van der Waals surface area contributed by atoms with Gasteiger partial charge in [0.2, 0.25) is 0 Å². The maximum atomic E-state index is 13.4. The van der Waals surface area contributed by atoms with Crippen molar-refractivity contribution < 1.29 is 4.39 Å². The van der Waals surface area contributed by atoms with Crippen molar-refractivity contribution in [1.82, 2.24) is 9.97 Å². The highest BCUT2D eigenvalue weighted by molar-refractivity contribution is 6.30. The van der Waals surface area contributed by atoms with Gasteiger partial charge in [0, 0.05) is 10.6 Å². The SMILES string of the molecule is Fc1ccc(Cl)cc1-c1cnc(CCl)[nH]1. The Kier molecular flexibility index (Phi) is 2.93. The number of halogens is 3. The third-order valence-corrected chi connectivity index (χ3v) is 2.46. The van der Waals surface area contributed by atoms with Crippen LogP contribution in [0.4, 0.5) is 4.39 Å². The van der Waals surface area contributed by atoms with Gasteiger partial charge in [-0.25, -0.2) is 9.37 Å². The lowest BCUT2D eigenvalue weighted by molar-refractivity contribution is 0.631. The average Bonchev–Trinajstić information content (AvgIpc) is 2.70. The van der Waals surface area contributed by atoms with Crippen LogP contribution in [-0.2, 0) is 5.88 Å². The molecule has 0 spiro atoms. The van der Waals surface area contributed by atoms with Crippen LogP contribution in [0.25, 0.3) is 11.3 Å². The molecule has 0 saturated carbocycles. The van der Waals surface area contributed by atoms with E-state index in [-0.39, 0.29) is 11.7 Å². The Hall–Kier alpha value is -1.06. The zero-order valence-corrected chi connectivity index (χ0v) is 9.11. The average molecular weight is 245 g/mol. The molecule has 0 aliphatic heterocycles. The molecule has 0 bridgehead atoms. The van der Waals surface area contributed by atoms with Gasteiger partial charge in [0.15, 0.2) is 0 Å². The van der Waals surface area contributed by atoms with Gasteiger partial charge >= 0.3 is 0 Å². The number of alkyl halides is 1. The number of benzene rings is 1. The summed E-state index contributed by atoms with van der Waals surface area (Å²) >= 11 is 11.4. The van der Waals surface area contributed by atoms with E-state index in [4.69, 9.17) is 23.2 Å². The van der Waals surface area contributed by atoms with Crippen molar-refractivity contribution in [1.29, 1.82) is 0 Å². The first-order chi connectivity index (χ1) is 7.20. The normalized spacial score (nSPS) is 10.6. The predicted octanol–water partition coefficient (Wildman–Crippen LogP) is 3.61. The molecule has 0 saturated heterocycles. The molecule has 1 heterocycles. The van der Waals surface area contributed by atoms with E-state index in [1.807, 2.05) is 0 Å². The molecule has 2 nitrogen and oxygen atoms in total. The smallest absolute Gasteiger partial charge is 0.132 e. The number of hydrogen-bond acceptors (Lipinski definition) is 1. The van der Waals surface area contributed by atoms with Crippen molar-refractivity contribution in [3.05, 3.63) is 41.1 Å². The lowest BCUT2D eigenvalue weighted by Gasteiger charge is -2.00. The van der Waals surface area contributed by atoms with Crippen molar-refractivity contribution in [2.24, 2.45) is 0 Å². The van der Waals surface area contributed by atoms with Crippen LogP contribution in [0.15, 0.2) is 24.4 Å². The van der Waals surface area contributed by atoms with Crippen LogP contribution in [0, 0.1) is 5.82 Å². The van der Waals surface area contributed by atoms with E-state index in [9.17, 15) is 4.39 Å². The van der Waals surface area contributed by atoms with Crippen LogP contribution in [0.1, 0.15) is 5.82 Å². The number of nitrogens with one attached hydrogen (secondary N) is 1. The summed E-state index contributed by atoms with van der Waals surface area (Å²) in [5.74, 6) is 0.526. The van der Waals surface area contributed by atoms with Crippen molar-refractivity contribution in [3.63, 3.8) is 0 Å². The van der Waals surface area contributed by atoms with E-state index in [0.29, 0.717) is 22.1 Å². The summed E-state index contributed by atoms with van der Waals surface area (Å²) in [6.07, 6.45) is 1.53. The van der Waals surface area contributed by atoms with E-state index >= 15 is 0 Å². The summed E-state index contributed by atoms with van der Waals surface area (Å²) in [6.45, 7) is 0. The van der Waals surface area contributed by atoms with Gasteiger partial charge in [-0.05, 0) is 18.2 Å². The van der Waals surface area contributed by atoms with E-state index in [0.717, 1.165) is 0 Å². The molecule has 2 aromatic rings. The molecule has 0 amide bonds. The molecular weight excluding hydrogens is 238 g/mol. The number of nitrogens with zero attached hydrogens (tertiary/aromatic N) is 1. The fourth-order valence-corrected chi connectivity index (χ4v) is 1.58. The first-order valence-corrected chi connectivity index (χ1v) is 5.17. The molecule has 2 rings (SSSR count). The van der Waals surface area contributed by atoms with Crippen LogP contribution < -0.4 is 0 Å². The molecule has 1 N–H and O–H groups in total. The van der Waals surface area contributed by atoms with Gasteiger partial charge in [0.05, 0.1) is 17.8 Å². The second kappa shape index (κ2) is 4.21. The van der Waals surface area contributed by atoms with Crippen LogP contribution in [-0.4, -0.2) is 9.97 Å². The van der Waals surface area contributed by atoms with E-state index < -0.39 is 0 Å². The molecule has 78 valence electrons. The lowest BCUT2D eigenvalue weighted by Crippen LogP contribution is -1.85. The van der Waals surface area contributed by atoms with Crippen molar-refractivity contribution in [3.8, 4) is 11.3 Å². The molecular formula is C10H7Cl2FN2. The Balaban J connectivity index is 2.48. The van der Waals surface area contributed by atoms with Gasteiger partial charge in [-0.15, -0.1) is 11.6 Å². The number of aromatic nitrogens is 2. The number of hydrogen-bond donors (Lipinski definition) is 1. The summed E-state index contributed by atoms with van der Waals surface area (Å²) < 4.78 is 13.4. The quantitative estimate of drug-likeness (QED) is 0.804. The summed E-state index contributed by atoms with van der Waals surface area (Å²) in [7, 11) is 0. The highest BCUT2D eigenvalue weighted by Gasteiger charge is 2.08. The first-order valence-electron chi connectivity index (χ1n) is 4.26. The van der Waals surface area contributed by atoms with Crippen LogP contribution in [0.3, 0.4) is 0 Å². The molecule has 0 unspecified atom stereocenters. The number of rotatable bonds is 2. The van der Waals surface area contributed by atoms with Crippen LogP contribution in [0.2, 0.25) is 5.02 Å². The van der Waals surface area contributed by atoms with Crippen molar-refractivity contribution in [2.45, 2.75) is 5.88 Å². The molecule has 0 aliphatic carbocycles. The van der Waals surface area contributed by atoms with Gasteiger partial charge in [-0.1, -0.05) is 11.6 Å². The Morgan fingerprint density at radius 2 is 2.20 bits per heavy atom. The molecule has 5 heteroatoms. The molecule has 1 aromatic carbocycles. The summed E-state index contributed by atoms with van der Waals surface area (Å²) in [4.78, 5) is 6.89. The largest absolute Gasteiger partial charge is 0.341 e. The third-order valence-electron chi connectivity index (χ3n) is 1.97. The Bertz CT molecular complexity index is 482. The molecule has 1 aromatic heterocycles. The summed E-state index contributed by atoms with van der Waals surface area (Å²) in [6, 6.07) is 4.36. The summed E-state index contributed by atoms with van der Waals surface area (Å²) in [5, 5.41) is 0.480. The van der Waals surface area contributed by atoms with Gasteiger partial charge < -0.3 is 4.98 Å². The standard InChI is InChI=1S/C10H7Cl2FN2/c11-4-10-14-5-9(15-10)7-3-6(12)1-2-8(7)13/h1-3,5H,4H2,(H,14,15). The predicted molar refractivity (Wildman–Crippen MR) is 58.5 cm³/mol. The fraction of sp³-hybridized carbons (Fsp3) is 0.100. The minimum Gasteiger partial charge on any atom is -0.341 e. The molecule has 0 radical (unpaired) electrons. The molecule has 0 aliphatic rings. The Labute approximate surface area is 96.1 Å². The maximum absolute atomic E-state index is 13.4. The minimum atomic E-state index is -0.343. The highest BCUT2D eigenvalue weighted by atomic mass is 35.5. The maximum Gasteiger partial charge on any atom is 0.132 e. The zero-order valence-electron chi connectivity index (χ0n) is 7.60. The Morgan fingerprint density at radius 1 is 1.40 bits per heavy atom. The van der Waals surface area contributed by atoms with Crippen LogP contribution >= 0.6 is 23.2 Å². The second-order valence-corrected chi connectivity index (χ2v) is 3.71. The topological polar surface area (TPSA) is 28.7 Å². The van der Waals surface area contributed by atoms with Gasteiger partial charge in [-0.3, -0.25) is 0 Å². The van der Waals surface area contributed by atoms with E-state index in [2.05, 4.69) is 9.97 Å². The second-order valence-electron chi connectivity index (χ2n) is 3.00. The van der Waals surface area contributed by atoms with Crippen molar-refractivity contribution >= 4 is 23.2 Å². The summed E-state index contributed by atoms with van der Waals surface area (Å²) in [5.41, 5.74) is 0.969. The molecule has 15 heavy (non-hydrogen) atoms. The van der Waals surface area contributed by atoms with E-state index in [1.165, 1.54) is 18.3 Å². The first kappa shape index (κ1) is 10.5.